The zero-order chi connectivity index (χ0) is 21.8. The highest BCUT2D eigenvalue weighted by Gasteiger charge is 2.29. The zero-order valence-corrected chi connectivity index (χ0v) is 17.9. The van der Waals surface area contributed by atoms with E-state index in [4.69, 9.17) is 16.1 Å². The maximum absolute atomic E-state index is 12.9. The van der Waals surface area contributed by atoms with Crippen LogP contribution >= 0.6 is 11.6 Å². The summed E-state index contributed by atoms with van der Waals surface area (Å²) in [5.74, 6) is 0.840. The number of hydrogen-bond acceptors (Lipinski definition) is 5. The van der Waals surface area contributed by atoms with E-state index < -0.39 is 0 Å². The number of hydrogen-bond donors (Lipinski definition) is 1. The van der Waals surface area contributed by atoms with Gasteiger partial charge in [-0.3, -0.25) is 9.59 Å². The molecule has 2 heterocycles. The van der Waals surface area contributed by atoms with Gasteiger partial charge in [-0.15, -0.1) is 0 Å². The van der Waals surface area contributed by atoms with Gasteiger partial charge >= 0.3 is 0 Å². The number of halogens is 1. The van der Waals surface area contributed by atoms with E-state index >= 15 is 0 Å². The first-order valence-corrected chi connectivity index (χ1v) is 10.7. The number of anilines is 1. The van der Waals surface area contributed by atoms with Gasteiger partial charge in [0, 0.05) is 41.3 Å². The van der Waals surface area contributed by atoms with Crippen molar-refractivity contribution in [1.82, 2.24) is 15.0 Å². The molecule has 1 aliphatic rings. The first-order valence-electron chi connectivity index (χ1n) is 10.3. The van der Waals surface area contributed by atoms with Crippen LogP contribution < -0.4 is 5.32 Å². The summed E-state index contributed by atoms with van der Waals surface area (Å²) in [5, 5.41) is 7.49. The van der Waals surface area contributed by atoms with Gasteiger partial charge in [0.1, 0.15) is 0 Å². The first-order chi connectivity index (χ1) is 15.0. The molecule has 3 aromatic rings. The Morgan fingerprint density at radius 3 is 2.87 bits per heavy atom. The highest BCUT2D eigenvalue weighted by Crippen LogP contribution is 2.29. The molecule has 2 amide bonds. The summed E-state index contributed by atoms with van der Waals surface area (Å²) in [7, 11) is 0. The largest absolute Gasteiger partial charge is 0.339 e. The molecule has 31 heavy (non-hydrogen) atoms. The third-order valence-corrected chi connectivity index (χ3v) is 5.53. The van der Waals surface area contributed by atoms with E-state index in [0.29, 0.717) is 47.5 Å². The van der Waals surface area contributed by atoms with Crippen molar-refractivity contribution in [3.63, 3.8) is 0 Å². The lowest BCUT2D eigenvalue weighted by atomic mass is 9.97. The molecule has 1 N–H and O–H groups in total. The second-order valence-corrected chi connectivity index (χ2v) is 7.98. The van der Waals surface area contributed by atoms with Gasteiger partial charge in [0.25, 0.3) is 5.91 Å². The molecule has 0 spiro atoms. The zero-order valence-electron chi connectivity index (χ0n) is 17.2. The highest BCUT2D eigenvalue weighted by atomic mass is 35.5. The third kappa shape index (κ3) is 4.94. The van der Waals surface area contributed by atoms with Gasteiger partial charge in [-0.2, -0.15) is 4.98 Å². The van der Waals surface area contributed by atoms with E-state index in [-0.39, 0.29) is 17.7 Å². The molecule has 0 radical (unpaired) electrons. The Balaban J connectivity index is 1.48. The Hall–Kier alpha value is -3.19. The Morgan fingerprint density at radius 2 is 2.06 bits per heavy atom. The van der Waals surface area contributed by atoms with Gasteiger partial charge in [-0.1, -0.05) is 41.9 Å². The fourth-order valence-corrected chi connectivity index (χ4v) is 3.86. The van der Waals surface area contributed by atoms with E-state index in [1.165, 1.54) is 0 Å². The minimum absolute atomic E-state index is 0.0267. The van der Waals surface area contributed by atoms with Crippen LogP contribution in [-0.2, 0) is 4.79 Å². The molecule has 160 valence electrons. The van der Waals surface area contributed by atoms with Gasteiger partial charge in [-0.05, 0) is 43.2 Å². The second kappa shape index (κ2) is 9.31. The Kier molecular flexibility index (Phi) is 6.32. The highest BCUT2D eigenvalue weighted by molar-refractivity contribution is 6.30. The van der Waals surface area contributed by atoms with Gasteiger partial charge in [-0.25, -0.2) is 0 Å². The van der Waals surface area contributed by atoms with E-state index in [9.17, 15) is 9.59 Å². The summed E-state index contributed by atoms with van der Waals surface area (Å²) >= 11 is 6.03. The lowest BCUT2D eigenvalue weighted by Crippen LogP contribution is -2.39. The molecule has 1 saturated heterocycles. The molecule has 1 atom stereocenters. The van der Waals surface area contributed by atoms with E-state index in [2.05, 4.69) is 15.5 Å². The molecule has 0 saturated carbocycles. The fraction of sp³-hybridized carbons (Fsp3) is 0.304. The summed E-state index contributed by atoms with van der Waals surface area (Å²) in [6.07, 6.45) is 2.13. The number of carbonyl (C=O) groups is 2. The van der Waals surface area contributed by atoms with Crippen LogP contribution in [0.4, 0.5) is 5.69 Å². The van der Waals surface area contributed by atoms with Crippen LogP contribution in [0.3, 0.4) is 0 Å². The number of benzene rings is 2. The molecule has 0 aliphatic carbocycles. The average Bonchev–Trinajstić information content (AvgIpc) is 3.29. The van der Waals surface area contributed by atoms with Crippen molar-refractivity contribution in [3.8, 4) is 11.4 Å². The lowest BCUT2D eigenvalue weighted by molar-refractivity contribution is -0.115. The molecule has 1 aliphatic heterocycles. The number of carbonyl (C=O) groups excluding carboxylic acids is 2. The van der Waals surface area contributed by atoms with Crippen LogP contribution in [0.1, 0.15) is 48.4 Å². The maximum Gasteiger partial charge on any atom is 0.253 e. The second-order valence-electron chi connectivity index (χ2n) is 7.54. The van der Waals surface area contributed by atoms with Crippen LogP contribution in [-0.4, -0.2) is 39.9 Å². The van der Waals surface area contributed by atoms with Crippen molar-refractivity contribution < 1.29 is 14.1 Å². The van der Waals surface area contributed by atoms with Crippen LogP contribution in [0, 0.1) is 0 Å². The lowest BCUT2D eigenvalue weighted by Gasteiger charge is -2.31. The fourth-order valence-electron chi connectivity index (χ4n) is 3.67. The Labute approximate surface area is 185 Å². The summed E-state index contributed by atoms with van der Waals surface area (Å²) in [5.41, 5.74) is 2.02. The molecular weight excluding hydrogens is 416 g/mol. The third-order valence-electron chi connectivity index (χ3n) is 5.30. The topological polar surface area (TPSA) is 88.3 Å². The first kappa shape index (κ1) is 21.1. The van der Waals surface area contributed by atoms with Crippen LogP contribution in [0.2, 0.25) is 5.02 Å². The quantitative estimate of drug-likeness (QED) is 0.620. The number of rotatable bonds is 5. The van der Waals surface area contributed by atoms with Crippen molar-refractivity contribution in [2.75, 3.05) is 18.4 Å². The van der Waals surface area contributed by atoms with Gasteiger partial charge in [0.15, 0.2) is 0 Å². The predicted molar refractivity (Wildman–Crippen MR) is 118 cm³/mol. The minimum Gasteiger partial charge on any atom is -0.339 e. The molecule has 1 fully saturated rings. The number of nitrogens with one attached hydrogen (secondary N) is 1. The molecule has 4 rings (SSSR count). The number of nitrogens with zero attached hydrogens (tertiary/aromatic N) is 3. The standard InChI is InChI=1S/C23H23ClN4O3/c1-2-20(29)25-19-10-4-6-15(13-19)21-26-22(31-27-21)17-8-5-11-28(14-17)23(30)16-7-3-9-18(24)12-16/h3-4,6-7,9-10,12-13,17H,2,5,8,11,14H2,1H3,(H,25,29). The SMILES string of the molecule is CCC(=O)Nc1cccc(-c2noc(C3CCCN(C(=O)c4cccc(Cl)c4)C3)n2)c1. The molecular formula is C23H23ClN4O3. The van der Waals surface area contributed by atoms with Gasteiger partial charge in [0.05, 0.1) is 5.92 Å². The van der Waals surface area contributed by atoms with Crippen molar-refractivity contribution in [2.45, 2.75) is 32.1 Å². The molecule has 8 heteroatoms. The van der Waals surface area contributed by atoms with E-state index in [0.717, 1.165) is 18.4 Å². The predicted octanol–water partition coefficient (Wildman–Crippen LogP) is 4.76. The average molecular weight is 439 g/mol. The Bertz CT molecular complexity index is 1100. The summed E-state index contributed by atoms with van der Waals surface area (Å²) in [6, 6.07) is 14.3. The van der Waals surface area contributed by atoms with Crippen LogP contribution in [0.25, 0.3) is 11.4 Å². The van der Waals surface area contributed by atoms with Crippen LogP contribution in [0.15, 0.2) is 53.1 Å². The molecule has 1 unspecified atom stereocenters. The summed E-state index contributed by atoms with van der Waals surface area (Å²) in [4.78, 5) is 30.9. The number of piperidine rings is 1. The van der Waals surface area contributed by atoms with Crippen LogP contribution in [0.5, 0.6) is 0 Å². The van der Waals surface area contributed by atoms with Crippen molar-refractivity contribution in [3.05, 3.63) is 65.0 Å². The molecule has 2 aromatic carbocycles. The maximum atomic E-state index is 12.9. The minimum atomic E-state index is -0.0578. The molecule has 0 bridgehead atoms. The van der Waals surface area contributed by atoms with Crippen molar-refractivity contribution in [1.29, 1.82) is 0 Å². The van der Waals surface area contributed by atoms with Crippen molar-refractivity contribution >= 4 is 29.1 Å². The smallest absolute Gasteiger partial charge is 0.253 e. The molecule has 1 aromatic heterocycles. The van der Waals surface area contributed by atoms with Gasteiger partial charge < -0.3 is 14.7 Å². The summed E-state index contributed by atoms with van der Waals surface area (Å²) < 4.78 is 5.55. The van der Waals surface area contributed by atoms with Gasteiger partial charge in [0.2, 0.25) is 17.6 Å². The van der Waals surface area contributed by atoms with E-state index in [1.54, 1.807) is 31.2 Å². The Morgan fingerprint density at radius 1 is 1.23 bits per heavy atom. The summed E-state index contributed by atoms with van der Waals surface area (Å²) in [6.45, 7) is 3.00. The number of likely N-dealkylation sites (tertiary alicyclic amines) is 1. The molecule has 7 nitrogen and oxygen atoms in total. The number of aromatic nitrogens is 2. The van der Waals surface area contributed by atoms with Crippen molar-refractivity contribution in [2.24, 2.45) is 0 Å². The normalized spacial score (nSPS) is 16.2. The monoisotopic (exact) mass is 438 g/mol. The van der Waals surface area contributed by atoms with E-state index in [1.807, 2.05) is 29.2 Å². The number of amides is 2.